The van der Waals surface area contributed by atoms with Crippen LogP contribution in [-0.4, -0.2) is 24.7 Å². The summed E-state index contributed by atoms with van der Waals surface area (Å²) in [5.41, 5.74) is 0.201. The minimum absolute atomic E-state index is 0.118. The number of hydrogen-bond acceptors (Lipinski definition) is 5. The highest BCUT2D eigenvalue weighted by Crippen LogP contribution is 2.35. The minimum Gasteiger partial charge on any atom is -0.493 e. The van der Waals surface area contributed by atoms with E-state index in [0.717, 1.165) is 12.1 Å². The molecule has 2 aromatic carbocycles. The Hall–Kier alpha value is -3.23. The molecule has 1 N–H and O–H groups in total. The van der Waals surface area contributed by atoms with Crippen LogP contribution in [0.2, 0.25) is 0 Å². The standard InChI is InChI=1S/C20H18F3NO5/c1-3-27-16-10-14(6-4-12(16)9-17-18(25)24-19(26)29-17)28-15-7-5-13(8-11(15)2)20(21,22)23/h4-8,10,17H,3,9H2,1-2H3,(H,24,25,26). The molecule has 1 heterocycles. The molecule has 1 unspecified atom stereocenters. The predicted octanol–water partition coefficient (Wildman–Crippen LogP) is 4.38. The number of aryl methyl sites for hydroxylation is 1. The Labute approximate surface area is 164 Å². The van der Waals surface area contributed by atoms with Crippen molar-refractivity contribution >= 4 is 12.0 Å². The molecular formula is C20H18F3NO5. The van der Waals surface area contributed by atoms with Crippen LogP contribution in [0, 0.1) is 6.92 Å². The van der Waals surface area contributed by atoms with Crippen molar-refractivity contribution in [2.24, 2.45) is 0 Å². The van der Waals surface area contributed by atoms with E-state index in [1.807, 2.05) is 0 Å². The largest absolute Gasteiger partial charge is 0.493 e. The molecule has 1 aliphatic heterocycles. The predicted molar refractivity (Wildman–Crippen MR) is 96.0 cm³/mol. The lowest BCUT2D eigenvalue weighted by molar-refractivity contribution is -0.137. The molecule has 0 radical (unpaired) electrons. The number of halogens is 3. The van der Waals surface area contributed by atoms with E-state index in [9.17, 15) is 22.8 Å². The second kappa shape index (κ2) is 8.02. The number of carbonyl (C=O) groups excluding carboxylic acids is 2. The van der Waals surface area contributed by atoms with Gasteiger partial charge in [-0.15, -0.1) is 0 Å². The zero-order valence-corrected chi connectivity index (χ0v) is 15.6. The Morgan fingerprint density at radius 3 is 2.45 bits per heavy atom. The number of carbonyl (C=O) groups is 2. The highest BCUT2D eigenvalue weighted by Gasteiger charge is 2.33. The molecule has 2 amide bonds. The summed E-state index contributed by atoms with van der Waals surface area (Å²) in [5, 5.41) is 2.06. The molecule has 0 saturated carbocycles. The minimum atomic E-state index is -4.43. The lowest BCUT2D eigenvalue weighted by Gasteiger charge is -2.16. The third-order valence-electron chi connectivity index (χ3n) is 4.24. The topological polar surface area (TPSA) is 73.9 Å². The number of alkyl carbamates (subject to hydrolysis) is 1. The fraction of sp³-hybridized carbons (Fsp3) is 0.300. The fourth-order valence-corrected chi connectivity index (χ4v) is 2.85. The summed E-state index contributed by atoms with van der Waals surface area (Å²) < 4.78 is 54.6. The number of hydrogen-bond donors (Lipinski definition) is 1. The molecule has 9 heteroatoms. The highest BCUT2D eigenvalue weighted by atomic mass is 19.4. The zero-order valence-electron chi connectivity index (χ0n) is 15.6. The van der Waals surface area contributed by atoms with Gasteiger partial charge in [0, 0.05) is 12.5 Å². The van der Waals surface area contributed by atoms with Crippen LogP contribution >= 0.6 is 0 Å². The first-order valence-electron chi connectivity index (χ1n) is 8.80. The average Bonchev–Trinajstić information content (AvgIpc) is 2.95. The Balaban J connectivity index is 1.81. The normalized spacial score (nSPS) is 16.4. The number of rotatable bonds is 6. The molecule has 0 spiro atoms. The first-order chi connectivity index (χ1) is 13.7. The van der Waals surface area contributed by atoms with Crippen LogP contribution in [0.3, 0.4) is 0 Å². The van der Waals surface area contributed by atoms with Gasteiger partial charge < -0.3 is 14.2 Å². The molecular weight excluding hydrogens is 391 g/mol. The summed E-state index contributed by atoms with van der Waals surface area (Å²) in [6.45, 7) is 3.64. The first kappa shape index (κ1) is 20.5. The van der Waals surface area contributed by atoms with Gasteiger partial charge in [0.15, 0.2) is 6.10 Å². The van der Waals surface area contributed by atoms with Gasteiger partial charge >= 0.3 is 12.3 Å². The van der Waals surface area contributed by atoms with Crippen LogP contribution in [0.5, 0.6) is 17.2 Å². The number of ether oxygens (including phenoxy) is 3. The number of alkyl halides is 3. The van der Waals surface area contributed by atoms with Crippen LogP contribution in [0.1, 0.15) is 23.6 Å². The van der Waals surface area contributed by atoms with Crippen molar-refractivity contribution in [2.75, 3.05) is 6.61 Å². The summed E-state index contributed by atoms with van der Waals surface area (Å²) in [5.74, 6) is 0.522. The lowest BCUT2D eigenvalue weighted by atomic mass is 10.1. The maximum Gasteiger partial charge on any atom is 0.416 e. The maximum absolute atomic E-state index is 12.8. The van der Waals surface area contributed by atoms with E-state index >= 15 is 0 Å². The molecule has 0 bridgehead atoms. The van der Waals surface area contributed by atoms with Gasteiger partial charge in [-0.2, -0.15) is 13.2 Å². The number of imide groups is 1. The summed E-state index contributed by atoms with van der Waals surface area (Å²) in [6, 6.07) is 8.05. The highest BCUT2D eigenvalue weighted by molar-refractivity contribution is 6.00. The van der Waals surface area contributed by atoms with E-state index < -0.39 is 29.8 Å². The van der Waals surface area contributed by atoms with E-state index in [1.54, 1.807) is 25.1 Å². The molecule has 1 aliphatic rings. The van der Waals surface area contributed by atoms with Gasteiger partial charge in [0.2, 0.25) is 0 Å². The van der Waals surface area contributed by atoms with Crippen molar-refractivity contribution in [1.82, 2.24) is 5.32 Å². The van der Waals surface area contributed by atoms with Crippen molar-refractivity contribution < 1.29 is 37.0 Å². The Morgan fingerprint density at radius 2 is 1.86 bits per heavy atom. The molecule has 0 aromatic heterocycles. The molecule has 3 rings (SSSR count). The number of cyclic esters (lactones) is 1. The van der Waals surface area contributed by atoms with Gasteiger partial charge in [-0.25, -0.2) is 4.79 Å². The van der Waals surface area contributed by atoms with Crippen LogP contribution < -0.4 is 14.8 Å². The van der Waals surface area contributed by atoms with Gasteiger partial charge in [0.05, 0.1) is 12.2 Å². The molecule has 1 fully saturated rings. The Bertz CT molecular complexity index is 942. The summed E-state index contributed by atoms with van der Waals surface area (Å²) in [7, 11) is 0. The van der Waals surface area contributed by atoms with Gasteiger partial charge in [0.1, 0.15) is 17.2 Å². The average molecular weight is 409 g/mol. The van der Waals surface area contributed by atoms with Crippen LogP contribution in [0.15, 0.2) is 36.4 Å². The first-order valence-corrected chi connectivity index (χ1v) is 8.80. The smallest absolute Gasteiger partial charge is 0.416 e. The van der Waals surface area contributed by atoms with Crippen molar-refractivity contribution in [3.05, 3.63) is 53.1 Å². The number of benzene rings is 2. The fourth-order valence-electron chi connectivity index (χ4n) is 2.85. The maximum atomic E-state index is 12.8. The summed E-state index contributed by atoms with van der Waals surface area (Å²) in [4.78, 5) is 22.9. The summed E-state index contributed by atoms with van der Waals surface area (Å²) >= 11 is 0. The van der Waals surface area contributed by atoms with Crippen molar-refractivity contribution in [1.29, 1.82) is 0 Å². The van der Waals surface area contributed by atoms with Crippen LogP contribution in [0.4, 0.5) is 18.0 Å². The molecule has 2 aromatic rings. The van der Waals surface area contributed by atoms with Crippen molar-refractivity contribution in [2.45, 2.75) is 32.5 Å². The molecule has 1 atom stereocenters. The van der Waals surface area contributed by atoms with E-state index in [0.29, 0.717) is 29.2 Å². The molecule has 6 nitrogen and oxygen atoms in total. The number of nitrogens with one attached hydrogen (secondary N) is 1. The third-order valence-corrected chi connectivity index (χ3v) is 4.24. The van der Waals surface area contributed by atoms with Gasteiger partial charge in [-0.05, 0) is 49.2 Å². The van der Waals surface area contributed by atoms with E-state index in [4.69, 9.17) is 14.2 Å². The second-order valence-corrected chi connectivity index (χ2v) is 6.37. The van der Waals surface area contributed by atoms with Gasteiger partial charge in [-0.3, -0.25) is 10.1 Å². The van der Waals surface area contributed by atoms with Crippen LogP contribution in [-0.2, 0) is 22.1 Å². The monoisotopic (exact) mass is 409 g/mol. The van der Waals surface area contributed by atoms with E-state index in [1.165, 1.54) is 13.0 Å². The Kier molecular flexibility index (Phi) is 5.67. The zero-order chi connectivity index (χ0) is 21.2. The molecule has 0 aliphatic carbocycles. The molecule has 29 heavy (non-hydrogen) atoms. The molecule has 154 valence electrons. The summed E-state index contributed by atoms with van der Waals surface area (Å²) in [6.07, 6.45) is -6.06. The van der Waals surface area contributed by atoms with E-state index in [2.05, 4.69) is 5.32 Å². The van der Waals surface area contributed by atoms with Gasteiger partial charge in [0.25, 0.3) is 5.91 Å². The van der Waals surface area contributed by atoms with Crippen LogP contribution in [0.25, 0.3) is 0 Å². The van der Waals surface area contributed by atoms with E-state index in [-0.39, 0.29) is 12.2 Å². The number of amides is 2. The molecule has 1 saturated heterocycles. The van der Waals surface area contributed by atoms with Gasteiger partial charge in [-0.1, -0.05) is 6.07 Å². The van der Waals surface area contributed by atoms with Crippen molar-refractivity contribution in [3.8, 4) is 17.2 Å². The quantitative estimate of drug-likeness (QED) is 0.767. The second-order valence-electron chi connectivity index (χ2n) is 6.37. The Morgan fingerprint density at radius 1 is 1.10 bits per heavy atom. The van der Waals surface area contributed by atoms with Crippen molar-refractivity contribution in [3.63, 3.8) is 0 Å². The SMILES string of the molecule is CCOc1cc(Oc2ccc(C(F)(F)F)cc2C)ccc1CC1OC(=O)NC1=O. The lowest BCUT2D eigenvalue weighted by Crippen LogP contribution is -2.26. The third kappa shape index (κ3) is 4.79.